The fourth-order valence-corrected chi connectivity index (χ4v) is 3.02. The van der Waals surface area contributed by atoms with Crippen molar-refractivity contribution in [1.82, 2.24) is 0 Å². The van der Waals surface area contributed by atoms with Crippen molar-refractivity contribution in [2.45, 2.75) is 38.8 Å². The van der Waals surface area contributed by atoms with E-state index < -0.39 is 11.1 Å². The Morgan fingerprint density at radius 2 is 1.24 bits per heavy atom. The monoisotopic (exact) mass is 256 g/mol. The van der Waals surface area contributed by atoms with Gasteiger partial charge in [0, 0.05) is 11.1 Å². The van der Waals surface area contributed by atoms with Crippen molar-refractivity contribution in [1.29, 1.82) is 0 Å². The number of hydrogen-bond acceptors (Lipinski definition) is 5. The van der Waals surface area contributed by atoms with Crippen LogP contribution < -0.4 is 20.9 Å². The topological polar surface area (TPSA) is 70.5 Å². The van der Waals surface area contributed by atoms with Crippen molar-refractivity contribution in [3.63, 3.8) is 0 Å². The van der Waals surface area contributed by atoms with Crippen molar-refractivity contribution in [3.05, 3.63) is 9.75 Å². The second-order valence-corrected chi connectivity index (χ2v) is 6.58. The largest absolute Gasteiger partial charge is 0.485 e. The lowest BCUT2D eigenvalue weighted by Crippen LogP contribution is -2.29. The Hall–Kier alpha value is -0.780. The zero-order chi connectivity index (χ0) is 12.8. The van der Waals surface area contributed by atoms with Crippen molar-refractivity contribution in [2.24, 2.45) is 11.5 Å². The van der Waals surface area contributed by atoms with Crippen molar-refractivity contribution >= 4 is 11.3 Å². The van der Waals surface area contributed by atoms with Crippen LogP contribution in [0.1, 0.15) is 37.4 Å². The molecule has 5 heteroatoms. The molecule has 0 fully saturated rings. The molecule has 4 nitrogen and oxygen atoms in total. The summed E-state index contributed by atoms with van der Waals surface area (Å²) in [6.45, 7) is 8.98. The molecule has 96 valence electrons. The van der Waals surface area contributed by atoms with E-state index in [9.17, 15) is 0 Å². The van der Waals surface area contributed by atoms with Gasteiger partial charge in [0.15, 0.2) is 11.5 Å². The van der Waals surface area contributed by atoms with E-state index >= 15 is 0 Å². The summed E-state index contributed by atoms with van der Waals surface area (Å²) in [5.74, 6) is 1.56. The van der Waals surface area contributed by atoms with Gasteiger partial charge in [-0.05, 0) is 27.7 Å². The van der Waals surface area contributed by atoms with E-state index in [1.807, 2.05) is 27.7 Å². The summed E-state index contributed by atoms with van der Waals surface area (Å²) in [5.41, 5.74) is 11.5. The van der Waals surface area contributed by atoms with Crippen LogP contribution >= 0.6 is 11.3 Å². The highest BCUT2D eigenvalue weighted by molar-refractivity contribution is 7.13. The second kappa shape index (κ2) is 3.86. The predicted octanol–water partition coefficient (Wildman–Crippen LogP) is 1.91. The molecule has 0 spiro atoms. The molecule has 4 N–H and O–H groups in total. The number of fused-ring (bicyclic) bond motifs is 1. The molecule has 0 saturated heterocycles. The Morgan fingerprint density at radius 3 is 1.53 bits per heavy atom. The molecule has 0 aromatic carbocycles. The minimum Gasteiger partial charge on any atom is -0.485 e. The molecule has 0 aliphatic carbocycles. The Kier molecular flexibility index (Phi) is 2.88. The quantitative estimate of drug-likeness (QED) is 0.848. The molecule has 0 amide bonds. The smallest absolute Gasteiger partial charge is 0.177 e. The van der Waals surface area contributed by atoms with Crippen LogP contribution in [-0.4, -0.2) is 13.2 Å². The lowest BCUT2D eigenvalue weighted by Gasteiger charge is -2.23. The lowest BCUT2D eigenvalue weighted by atomic mass is 10.0. The Labute approximate surface area is 106 Å². The molecule has 17 heavy (non-hydrogen) atoms. The predicted molar refractivity (Wildman–Crippen MR) is 69.7 cm³/mol. The van der Waals surface area contributed by atoms with Crippen LogP contribution in [0.5, 0.6) is 11.5 Å². The fraction of sp³-hybridized carbons (Fsp3) is 0.667. The summed E-state index contributed by atoms with van der Waals surface area (Å²) in [7, 11) is 0. The molecular formula is C12H20N2O2S. The van der Waals surface area contributed by atoms with Crippen LogP contribution in [-0.2, 0) is 11.1 Å². The van der Waals surface area contributed by atoms with Crippen LogP contribution in [0.15, 0.2) is 0 Å². The first-order valence-corrected chi connectivity index (χ1v) is 6.54. The van der Waals surface area contributed by atoms with Crippen molar-refractivity contribution < 1.29 is 9.47 Å². The molecule has 1 aliphatic heterocycles. The number of hydrogen-bond donors (Lipinski definition) is 2. The van der Waals surface area contributed by atoms with E-state index in [2.05, 4.69) is 0 Å². The second-order valence-electron chi connectivity index (χ2n) is 5.56. The van der Waals surface area contributed by atoms with Crippen LogP contribution in [0.25, 0.3) is 0 Å². The van der Waals surface area contributed by atoms with Gasteiger partial charge in [-0.1, -0.05) is 0 Å². The molecular weight excluding hydrogens is 236 g/mol. The molecule has 0 saturated carbocycles. The van der Waals surface area contributed by atoms with Crippen LogP contribution in [0.4, 0.5) is 0 Å². The highest BCUT2D eigenvalue weighted by Gasteiger charge is 2.35. The average Bonchev–Trinajstić information content (AvgIpc) is 2.55. The number of ether oxygens (including phenoxy) is 2. The summed E-state index contributed by atoms with van der Waals surface area (Å²) in [6.07, 6.45) is 0. The minimum absolute atomic E-state index is 0.445. The van der Waals surface area contributed by atoms with Crippen LogP contribution in [0.3, 0.4) is 0 Å². The summed E-state index contributed by atoms with van der Waals surface area (Å²) >= 11 is 1.59. The van der Waals surface area contributed by atoms with E-state index in [1.165, 1.54) is 0 Å². The first kappa shape index (κ1) is 12.7. The molecule has 1 aliphatic rings. The van der Waals surface area contributed by atoms with Gasteiger partial charge in [0.05, 0.1) is 9.75 Å². The van der Waals surface area contributed by atoms with E-state index in [0.29, 0.717) is 13.2 Å². The van der Waals surface area contributed by atoms with Crippen LogP contribution in [0, 0.1) is 0 Å². The maximum absolute atomic E-state index is 6.17. The lowest BCUT2D eigenvalue weighted by molar-refractivity contribution is 0.167. The van der Waals surface area contributed by atoms with Gasteiger partial charge >= 0.3 is 0 Å². The normalized spacial score (nSPS) is 16.1. The van der Waals surface area contributed by atoms with Crippen molar-refractivity contribution in [3.8, 4) is 11.5 Å². The number of rotatable bonds is 2. The van der Waals surface area contributed by atoms with E-state index in [4.69, 9.17) is 20.9 Å². The summed E-state index contributed by atoms with van der Waals surface area (Å²) < 4.78 is 11.4. The first-order chi connectivity index (χ1) is 7.71. The summed E-state index contributed by atoms with van der Waals surface area (Å²) in [5, 5.41) is 0. The highest BCUT2D eigenvalue weighted by atomic mass is 32.1. The Morgan fingerprint density at radius 1 is 0.882 bits per heavy atom. The molecule has 1 aromatic rings. The van der Waals surface area contributed by atoms with Gasteiger partial charge in [0.1, 0.15) is 13.2 Å². The molecule has 0 unspecified atom stereocenters. The molecule has 2 rings (SSSR count). The minimum atomic E-state index is -0.445. The average molecular weight is 256 g/mol. The van der Waals surface area contributed by atoms with Gasteiger partial charge in [0.25, 0.3) is 0 Å². The van der Waals surface area contributed by atoms with Gasteiger partial charge in [0.2, 0.25) is 0 Å². The van der Waals surface area contributed by atoms with Gasteiger partial charge < -0.3 is 20.9 Å². The van der Waals surface area contributed by atoms with Gasteiger partial charge in [-0.2, -0.15) is 0 Å². The zero-order valence-electron chi connectivity index (χ0n) is 10.8. The summed E-state index contributed by atoms with van der Waals surface area (Å²) in [4.78, 5) is 2.00. The van der Waals surface area contributed by atoms with E-state index in [0.717, 1.165) is 21.3 Å². The summed E-state index contributed by atoms with van der Waals surface area (Å²) in [6, 6.07) is 0. The SMILES string of the molecule is CC(C)(N)c1sc(C(C)(C)N)c2c1OCCO2. The zero-order valence-corrected chi connectivity index (χ0v) is 11.6. The van der Waals surface area contributed by atoms with E-state index in [1.54, 1.807) is 11.3 Å². The van der Waals surface area contributed by atoms with Crippen LogP contribution in [0.2, 0.25) is 0 Å². The highest BCUT2D eigenvalue weighted by Crippen LogP contribution is 2.50. The first-order valence-electron chi connectivity index (χ1n) is 5.72. The number of thiophene rings is 1. The van der Waals surface area contributed by atoms with Gasteiger partial charge in [-0.3, -0.25) is 0 Å². The third kappa shape index (κ3) is 2.27. The van der Waals surface area contributed by atoms with Crippen molar-refractivity contribution in [2.75, 3.05) is 13.2 Å². The number of nitrogens with two attached hydrogens (primary N) is 2. The Balaban J connectivity index is 2.60. The fourth-order valence-electron chi connectivity index (χ4n) is 1.80. The molecule has 0 atom stereocenters. The third-order valence-electron chi connectivity index (χ3n) is 2.57. The van der Waals surface area contributed by atoms with E-state index in [-0.39, 0.29) is 0 Å². The molecule has 0 radical (unpaired) electrons. The molecule has 1 aromatic heterocycles. The Bertz CT molecular complexity index is 388. The maximum atomic E-state index is 6.17. The maximum Gasteiger partial charge on any atom is 0.177 e. The molecule has 2 heterocycles. The van der Waals surface area contributed by atoms with Gasteiger partial charge in [-0.25, -0.2) is 0 Å². The standard InChI is InChI=1S/C12H20N2O2S/c1-11(2,13)9-7-8(16-6-5-15-7)10(17-9)12(3,4)14/h5-6,13-14H2,1-4H3. The third-order valence-corrected chi connectivity index (χ3v) is 4.40. The van der Waals surface area contributed by atoms with Gasteiger partial charge in [-0.15, -0.1) is 11.3 Å². The molecule has 0 bridgehead atoms.